The predicted octanol–water partition coefficient (Wildman–Crippen LogP) is 5.97. The second-order valence-corrected chi connectivity index (χ2v) is 9.34. The molecule has 0 aliphatic rings. The Balaban J connectivity index is 1.78. The van der Waals surface area contributed by atoms with Crippen molar-refractivity contribution in [2.75, 3.05) is 26.6 Å². The van der Waals surface area contributed by atoms with Crippen LogP contribution in [0.2, 0.25) is 0 Å². The monoisotopic (exact) mass is 538 g/mol. The van der Waals surface area contributed by atoms with Gasteiger partial charge in [0, 0.05) is 12.6 Å². The maximum Gasteiger partial charge on any atom is 0.251 e. The maximum atomic E-state index is 14.1. The molecule has 2 amide bonds. The third-order valence-corrected chi connectivity index (χ3v) is 6.78. The van der Waals surface area contributed by atoms with Gasteiger partial charge in [-0.2, -0.15) is 0 Å². The lowest BCUT2D eigenvalue weighted by molar-refractivity contribution is -0.139. The highest BCUT2D eigenvalue weighted by molar-refractivity contribution is 5.99. The molecule has 7 nitrogen and oxygen atoms in total. The van der Waals surface area contributed by atoms with Crippen molar-refractivity contribution in [2.24, 2.45) is 0 Å². The van der Waals surface area contributed by atoms with Gasteiger partial charge in [-0.15, -0.1) is 0 Å². The van der Waals surface area contributed by atoms with E-state index in [9.17, 15) is 9.59 Å². The molecular formula is C33H34N2O5. The van der Waals surface area contributed by atoms with E-state index in [1.807, 2.05) is 73.7 Å². The van der Waals surface area contributed by atoms with Gasteiger partial charge in [-0.1, -0.05) is 66.7 Å². The molecule has 0 bridgehead atoms. The molecule has 0 fully saturated rings. The summed E-state index contributed by atoms with van der Waals surface area (Å²) < 4.78 is 16.2. The summed E-state index contributed by atoms with van der Waals surface area (Å²) in [6, 6.07) is 28.8. The van der Waals surface area contributed by atoms with Crippen LogP contribution < -0.4 is 19.5 Å². The van der Waals surface area contributed by atoms with Crippen molar-refractivity contribution in [3.63, 3.8) is 0 Å². The van der Waals surface area contributed by atoms with Crippen molar-refractivity contribution in [1.82, 2.24) is 4.90 Å². The molecule has 0 saturated carbocycles. The standard InChI is InChI=1S/C33H34N2O5/c1-23-10-8-9-13-26(23)22-35(31(36)20-24-11-6-5-7-12-24)32(25-14-16-27(38-2)17-15-25)33(37)34-29-19-18-28(39-3)21-30(29)40-4/h5-19,21,32H,20,22H2,1-4H3,(H,34,37)/t32-/m0/s1. The molecule has 4 rings (SSSR count). The van der Waals surface area contributed by atoms with E-state index in [4.69, 9.17) is 14.2 Å². The Bertz CT molecular complexity index is 1440. The van der Waals surface area contributed by atoms with Gasteiger partial charge in [-0.05, 0) is 53.4 Å². The van der Waals surface area contributed by atoms with Crippen LogP contribution in [0.4, 0.5) is 5.69 Å². The fourth-order valence-corrected chi connectivity index (χ4v) is 4.53. The first kappa shape index (κ1) is 28.2. The van der Waals surface area contributed by atoms with Gasteiger partial charge in [0.15, 0.2) is 0 Å². The van der Waals surface area contributed by atoms with E-state index in [1.54, 1.807) is 49.5 Å². The van der Waals surface area contributed by atoms with E-state index in [-0.39, 0.29) is 24.8 Å². The average molecular weight is 539 g/mol. The minimum absolute atomic E-state index is 0.151. The first-order chi connectivity index (χ1) is 19.4. The zero-order chi connectivity index (χ0) is 28.5. The van der Waals surface area contributed by atoms with Gasteiger partial charge in [-0.25, -0.2) is 0 Å². The van der Waals surface area contributed by atoms with Crippen LogP contribution in [-0.2, 0) is 22.6 Å². The largest absolute Gasteiger partial charge is 0.497 e. The Kier molecular flexibility index (Phi) is 9.41. The summed E-state index contributed by atoms with van der Waals surface area (Å²) in [7, 11) is 4.68. The predicted molar refractivity (Wildman–Crippen MR) is 156 cm³/mol. The van der Waals surface area contributed by atoms with Crippen LogP contribution in [0.25, 0.3) is 0 Å². The minimum atomic E-state index is -0.937. The molecule has 0 aromatic heterocycles. The van der Waals surface area contributed by atoms with Gasteiger partial charge in [0.1, 0.15) is 23.3 Å². The van der Waals surface area contributed by atoms with E-state index >= 15 is 0 Å². The number of ether oxygens (including phenoxy) is 3. The molecule has 0 aliphatic carbocycles. The fourth-order valence-electron chi connectivity index (χ4n) is 4.53. The number of hydrogen-bond donors (Lipinski definition) is 1. The fraction of sp³-hybridized carbons (Fsp3) is 0.212. The number of methoxy groups -OCH3 is 3. The van der Waals surface area contributed by atoms with Crippen LogP contribution in [0.1, 0.15) is 28.3 Å². The third kappa shape index (κ3) is 6.80. The Morgan fingerprint density at radius 2 is 1.43 bits per heavy atom. The van der Waals surface area contributed by atoms with Crippen molar-refractivity contribution >= 4 is 17.5 Å². The Labute approximate surface area is 235 Å². The number of aryl methyl sites for hydroxylation is 1. The first-order valence-corrected chi connectivity index (χ1v) is 13.0. The summed E-state index contributed by atoms with van der Waals surface area (Å²) >= 11 is 0. The molecule has 4 aromatic carbocycles. The molecule has 0 unspecified atom stereocenters. The van der Waals surface area contributed by atoms with Gasteiger partial charge in [0.2, 0.25) is 5.91 Å². The van der Waals surface area contributed by atoms with Gasteiger partial charge in [0.25, 0.3) is 5.91 Å². The van der Waals surface area contributed by atoms with Gasteiger partial charge < -0.3 is 24.4 Å². The maximum absolute atomic E-state index is 14.1. The number of rotatable bonds is 11. The normalized spacial score (nSPS) is 11.3. The van der Waals surface area contributed by atoms with Crippen LogP contribution in [-0.4, -0.2) is 38.0 Å². The SMILES string of the molecule is COc1ccc([C@@H](C(=O)Nc2ccc(OC)cc2OC)N(Cc2ccccc2C)C(=O)Cc2ccccc2)cc1. The van der Waals surface area contributed by atoms with E-state index < -0.39 is 6.04 Å². The zero-order valence-electron chi connectivity index (χ0n) is 23.2. The highest BCUT2D eigenvalue weighted by atomic mass is 16.5. The molecule has 0 spiro atoms. The summed E-state index contributed by atoms with van der Waals surface area (Å²) in [6.07, 6.45) is 0.151. The lowest BCUT2D eigenvalue weighted by Crippen LogP contribution is -2.41. The number of benzene rings is 4. The first-order valence-electron chi connectivity index (χ1n) is 13.0. The van der Waals surface area contributed by atoms with Crippen LogP contribution in [0.15, 0.2) is 97.1 Å². The van der Waals surface area contributed by atoms with Crippen LogP contribution in [0.5, 0.6) is 17.2 Å². The van der Waals surface area contributed by atoms with E-state index in [1.165, 1.54) is 7.11 Å². The second-order valence-electron chi connectivity index (χ2n) is 9.34. The lowest BCUT2D eigenvalue weighted by Gasteiger charge is -2.32. The molecule has 206 valence electrons. The summed E-state index contributed by atoms with van der Waals surface area (Å²) in [5.41, 5.74) is 3.98. The molecule has 1 N–H and O–H groups in total. The van der Waals surface area contributed by atoms with Gasteiger partial charge in [0.05, 0.1) is 33.4 Å². The van der Waals surface area contributed by atoms with Crippen molar-refractivity contribution in [2.45, 2.75) is 25.9 Å². The summed E-state index contributed by atoms with van der Waals surface area (Å²) in [6.45, 7) is 2.25. The average Bonchev–Trinajstić information content (AvgIpc) is 2.98. The number of nitrogens with zero attached hydrogens (tertiary/aromatic N) is 1. The second kappa shape index (κ2) is 13.3. The molecule has 7 heteroatoms. The van der Waals surface area contributed by atoms with E-state index in [2.05, 4.69) is 5.32 Å². The van der Waals surface area contributed by atoms with Crippen molar-refractivity contribution in [1.29, 1.82) is 0 Å². The summed E-state index contributed by atoms with van der Waals surface area (Å²) in [4.78, 5) is 29.8. The van der Waals surface area contributed by atoms with Crippen LogP contribution >= 0.6 is 0 Å². The van der Waals surface area contributed by atoms with Crippen molar-refractivity contribution in [3.8, 4) is 17.2 Å². The zero-order valence-corrected chi connectivity index (χ0v) is 23.2. The molecule has 1 atom stereocenters. The molecule has 40 heavy (non-hydrogen) atoms. The number of anilines is 1. The van der Waals surface area contributed by atoms with Gasteiger partial charge >= 0.3 is 0 Å². The number of hydrogen-bond acceptors (Lipinski definition) is 5. The topological polar surface area (TPSA) is 77.1 Å². The summed E-state index contributed by atoms with van der Waals surface area (Å²) in [5, 5.41) is 2.99. The number of nitrogens with one attached hydrogen (secondary N) is 1. The van der Waals surface area contributed by atoms with E-state index in [0.717, 1.165) is 16.7 Å². The van der Waals surface area contributed by atoms with Crippen LogP contribution in [0.3, 0.4) is 0 Å². The molecule has 0 heterocycles. The molecule has 0 saturated heterocycles. The lowest BCUT2D eigenvalue weighted by atomic mass is 10.00. The Hall–Kier alpha value is -4.78. The van der Waals surface area contributed by atoms with Crippen molar-refractivity contribution < 1.29 is 23.8 Å². The van der Waals surface area contributed by atoms with E-state index in [0.29, 0.717) is 28.5 Å². The molecular weight excluding hydrogens is 504 g/mol. The molecule has 0 aliphatic heterocycles. The smallest absolute Gasteiger partial charge is 0.251 e. The van der Waals surface area contributed by atoms with Crippen molar-refractivity contribution in [3.05, 3.63) is 119 Å². The quantitative estimate of drug-likeness (QED) is 0.255. The number of carbonyl (C=O) groups excluding carboxylic acids is 2. The highest BCUT2D eigenvalue weighted by Gasteiger charge is 2.32. The van der Waals surface area contributed by atoms with Crippen LogP contribution in [0, 0.1) is 6.92 Å². The summed E-state index contributed by atoms with van der Waals surface area (Å²) in [5.74, 6) is 1.15. The molecule has 4 aromatic rings. The highest BCUT2D eigenvalue weighted by Crippen LogP contribution is 2.32. The Morgan fingerprint density at radius 1 is 0.775 bits per heavy atom. The Morgan fingerprint density at radius 3 is 2.08 bits per heavy atom. The number of amides is 2. The van der Waals surface area contributed by atoms with Gasteiger partial charge in [-0.3, -0.25) is 9.59 Å². The minimum Gasteiger partial charge on any atom is -0.497 e. The number of carbonyl (C=O) groups is 2. The third-order valence-electron chi connectivity index (χ3n) is 6.78. The molecule has 0 radical (unpaired) electrons.